The van der Waals surface area contributed by atoms with Gasteiger partial charge in [-0.25, -0.2) is 4.99 Å². The lowest BCUT2D eigenvalue weighted by Crippen LogP contribution is -1.96. The minimum absolute atomic E-state index is 0.454. The molecule has 0 aromatic heterocycles. The maximum Gasteiger partial charge on any atom is 0.181 e. The van der Waals surface area contributed by atoms with Gasteiger partial charge in [-0.3, -0.25) is 0 Å². The minimum Gasteiger partial charge on any atom is -0.859 e. The third-order valence-electron chi connectivity index (χ3n) is 0.235. The lowest BCUT2D eigenvalue weighted by Gasteiger charge is -1.93. The van der Waals surface area contributed by atoms with E-state index in [2.05, 4.69) is 18.5 Å². The van der Waals surface area contributed by atoms with Crippen LogP contribution in [0, 0.1) is 6.92 Å². The first-order valence-corrected chi connectivity index (χ1v) is 1.45. The monoisotopic (exact) mass is 83.0 g/mol. The third kappa shape index (κ3) is 3.08. The highest BCUT2D eigenvalue weighted by molar-refractivity contribution is 5.62. The van der Waals surface area contributed by atoms with Gasteiger partial charge in [0.05, 0.1) is 0 Å². The van der Waals surface area contributed by atoms with Crippen LogP contribution in [0.3, 0.4) is 0 Å². The molecule has 0 aliphatic rings. The fraction of sp³-hybridized carbons (Fsp3) is 0. The Morgan fingerprint density at radius 2 is 2.50 bits per heavy atom. The molecule has 0 N–H and O–H groups in total. The second kappa shape index (κ2) is 2.33. The first-order chi connectivity index (χ1) is 2.77. The molecule has 0 aromatic carbocycles. The Morgan fingerprint density at radius 1 is 2.00 bits per heavy atom. The van der Waals surface area contributed by atoms with E-state index in [9.17, 15) is 5.11 Å². The van der Waals surface area contributed by atoms with E-state index in [-0.39, 0.29) is 0 Å². The van der Waals surface area contributed by atoms with Gasteiger partial charge >= 0.3 is 0 Å². The van der Waals surface area contributed by atoms with Crippen molar-refractivity contribution in [3.63, 3.8) is 0 Å². The fourth-order valence-corrected chi connectivity index (χ4v) is 0.102. The second-order valence-electron chi connectivity index (χ2n) is 0.705. The molecule has 6 heavy (non-hydrogen) atoms. The number of nitrogens with zero attached hydrogens (tertiary/aromatic N) is 1. The SMILES string of the molecule is C=C([O-])N=C[CH2+]. The summed E-state index contributed by atoms with van der Waals surface area (Å²) in [5, 5.41) is 9.69. The predicted octanol–water partition coefficient (Wildman–Crippen LogP) is -0.277. The molecule has 0 atom stereocenters. The first-order valence-electron chi connectivity index (χ1n) is 1.45. The van der Waals surface area contributed by atoms with Crippen LogP contribution in [0.15, 0.2) is 17.5 Å². The lowest BCUT2D eigenvalue weighted by atomic mass is 10.8. The van der Waals surface area contributed by atoms with Gasteiger partial charge in [0, 0.05) is 0 Å². The Morgan fingerprint density at radius 3 is 2.50 bits per heavy atom. The van der Waals surface area contributed by atoms with Crippen molar-refractivity contribution in [1.82, 2.24) is 0 Å². The van der Waals surface area contributed by atoms with E-state index in [1.165, 1.54) is 0 Å². The molecule has 0 amide bonds. The molecule has 0 radical (unpaired) electrons. The molecule has 0 saturated carbocycles. The van der Waals surface area contributed by atoms with E-state index in [0.717, 1.165) is 6.21 Å². The standard InChI is InChI=1S/C4H5NO/c1-3-5-4(2)6/h3H,1-2H2. The van der Waals surface area contributed by atoms with E-state index >= 15 is 0 Å². The van der Waals surface area contributed by atoms with Gasteiger partial charge in [0.15, 0.2) is 6.21 Å². The van der Waals surface area contributed by atoms with Crippen molar-refractivity contribution in [2.75, 3.05) is 0 Å². The first kappa shape index (κ1) is 5.08. The van der Waals surface area contributed by atoms with Crippen LogP contribution in [-0.2, 0) is 0 Å². The summed E-state index contributed by atoms with van der Waals surface area (Å²) < 4.78 is 0. The molecule has 0 aliphatic heterocycles. The molecule has 0 spiro atoms. The van der Waals surface area contributed by atoms with Crippen LogP contribution in [0.1, 0.15) is 0 Å². The molecule has 0 aromatic rings. The quantitative estimate of drug-likeness (QED) is 0.244. The highest BCUT2D eigenvalue weighted by Crippen LogP contribution is 1.70. The van der Waals surface area contributed by atoms with Crippen LogP contribution in [-0.4, -0.2) is 6.21 Å². The summed E-state index contributed by atoms with van der Waals surface area (Å²) in [6, 6.07) is 0. The summed E-state index contributed by atoms with van der Waals surface area (Å²) in [5.41, 5.74) is 0. The molecule has 2 nitrogen and oxygen atoms in total. The zero-order valence-corrected chi connectivity index (χ0v) is 3.35. The van der Waals surface area contributed by atoms with Crippen molar-refractivity contribution >= 4 is 6.21 Å². The van der Waals surface area contributed by atoms with E-state index in [0.29, 0.717) is 0 Å². The van der Waals surface area contributed by atoms with Gasteiger partial charge in [-0.05, 0) is 5.88 Å². The summed E-state index contributed by atoms with van der Waals surface area (Å²) >= 11 is 0. The van der Waals surface area contributed by atoms with Crippen molar-refractivity contribution in [3.8, 4) is 0 Å². The van der Waals surface area contributed by atoms with Crippen LogP contribution in [0.5, 0.6) is 0 Å². The van der Waals surface area contributed by atoms with E-state index < -0.39 is 5.88 Å². The van der Waals surface area contributed by atoms with Gasteiger partial charge in [-0.2, -0.15) is 0 Å². The Kier molecular flexibility index (Phi) is 1.97. The highest BCUT2D eigenvalue weighted by Gasteiger charge is 1.59. The largest absolute Gasteiger partial charge is 0.859 e. The zero-order chi connectivity index (χ0) is 4.99. The summed E-state index contributed by atoms with van der Waals surface area (Å²) in [7, 11) is 0. The summed E-state index contributed by atoms with van der Waals surface area (Å²) in [4.78, 5) is 3.14. The van der Waals surface area contributed by atoms with Crippen LogP contribution in [0.2, 0.25) is 0 Å². The van der Waals surface area contributed by atoms with Crippen LogP contribution < -0.4 is 5.11 Å². The molecular formula is C4H5NO. The van der Waals surface area contributed by atoms with Gasteiger partial charge in [0.25, 0.3) is 0 Å². The van der Waals surface area contributed by atoms with Gasteiger partial charge in [-0.15, -0.1) is 0 Å². The smallest absolute Gasteiger partial charge is 0.181 e. The van der Waals surface area contributed by atoms with Crippen molar-refractivity contribution in [2.24, 2.45) is 4.99 Å². The second-order valence-corrected chi connectivity index (χ2v) is 0.705. The number of hydrogen-bond donors (Lipinski definition) is 0. The van der Waals surface area contributed by atoms with Crippen LogP contribution in [0.25, 0.3) is 0 Å². The Labute approximate surface area is 36.8 Å². The molecule has 0 heterocycles. The summed E-state index contributed by atoms with van der Waals surface area (Å²) in [6.45, 7) is 6.12. The summed E-state index contributed by atoms with van der Waals surface area (Å²) in [5.74, 6) is -0.454. The molecule has 0 aliphatic carbocycles. The maximum atomic E-state index is 9.69. The minimum atomic E-state index is -0.454. The fourth-order valence-electron chi connectivity index (χ4n) is 0.102. The molecule has 0 unspecified atom stereocenters. The molecular weight excluding hydrogens is 78.0 g/mol. The van der Waals surface area contributed by atoms with E-state index in [1.807, 2.05) is 0 Å². The molecule has 2 heteroatoms. The normalized spacial score (nSPS) is 9.33. The third-order valence-corrected chi connectivity index (χ3v) is 0.235. The van der Waals surface area contributed by atoms with Crippen LogP contribution in [0.4, 0.5) is 0 Å². The van der Waals surface area contributed by atoms with Crippen molar-refractivity contribution in [1.29, 1.82) is 0 Å². The summed E-state index contributed by atoms with van der Waals surface area (Å²) in [6.07, 6.45) is 1.16. The van der Waals surface area contributed by atoms with Crippen molar-refractivity contribution in [2.45, 2.75) is 0 Å². The molecule has 0 saturated heterocycles. The van der Waals surface area contributed by atoms with E-state index in [4.69, 9.17) is 0 Å². The van der Waals surface area contributed by atoms with Gasteiger partial charge < -0.3 is 5.11 Å². The predicted molar refractivity (Wildman–Crippen MR) is 23.0 cm³/mol. The molecule has 0 fully saturated rings. The van der Waals surface area contributed by atoms with Crippen molar-refractivity contribution < 1.29 is 5.11 Å². The van der Waals surface area contributed by atoms with E-state index in [1.54, 1.807) is 0 Å². The zero-order valence-electron chi connectivity index (χ0n) is 3.35. The molecule has 32 valence electrons. The molecule has 0 bridgehead atoms. The lowest BCUT2D eigenvalue weighted by molar-refractivity contribution is -0.302. The average Bonchev–Trinajstić information content (AvgIpc) is 1.35. The van der Waals surface area contributed by atoms with Gasteiger partial charge in [0.2, 0.25) is 0 Å². The van der Waals surface area contributed by atoms with Gasteiger partial charge in [0.1, 0.15) is 6.92 Å². The number of aliphatic imine (C=N–C) groups is 1. The van der Waals surface area contributed by atoms with Crippen LogP contribution >= 0.6 is 0 Å². The number of rotatable bonds is 1. The highest BCUT2D eigenvalue weighted by atomic mass is 16.3. The average molecular weight is 83.1 g/mol. The maximum absolute atomic E-state index is 9.69. The topological polar surface area (TPSA) is 35.4 Å². The molecule has 0 rings (SSSR count). The Balaban J connectivity index is 3.30. The van der Waals surface area contributed by atoms with Crippen molar-refractivity contribution in [3.05, 3.63) is 19.4 Å². The Bertz CT molecular complexity index is 75.6. The number of hydrogen-bond acceptors (Lipinski definition) is 2. The van der Waals surface area contributed by atoms with Gasteiger partial charge in [-0.1, -0.05) is 6.58 Å². The Hall–Kier alpha value is -0.920.